The van der Waals surface area contributed by atoms with E-state index in [1.165, 1.54) is 6.07 Å². The van der Waals surface area contributed by atoms with Crippen molar-refractivity contribution in [2.24, 2.45) is 5.10 Å². The van der Waals surface area contributed by atoms with Gasteiger partial charge in [-0.2, -0.15) is 5.10 Å². The monoisotopic (exact) mass is 405 g/mol. The quantitative estimate of drug-likeness (QED) is 0.426. The molecule has 5 rings (SSSR count). The molecule has 29 heavy (non-hydrogen) atoms. The highest BCUT2D eigenvalue weighted by Gasteiger charge is 2.42. The van der Waals surface area contributed by atoms with Crippen LogP contribution < -0.4 is 4.74 Å². The first-order valence-corrected chi connectivity index (χ1v) is 9.60. The van der Waals surface area contributed by atoms with Crippen LogP contribution in [0.15, 0.2) is 77.9 Å². The number of fused-ring (bicyclic) bond motifs is 3. The van der Waals surface area contributed by atoms with Crippen molar-refractivity contribution in [1.82, 2.24) is 5.01 Å². The van der Waals surface area contributed by atoms with Crippen LogP contribution in [0, 0.1) is 10.1 Å². The Morgan fingerprint density at radius 3 is 2.45 bits per heavy atom. The fourth-order valence-corrected chi connectivity index (χ4v) is 4.04. The minimum absolute atomic E-state index is 0.0192. The Labute approximate surface area is 172 Å². The Hall–Kier alpha value is -3.38. The molecule has 0 spiro atoms. The summed E-state index contributed by atoms with van der Waals surface area (Å²) < 4.78 is 6.22. The van der Waals surface area contributed by atoms with Crippen LogP contribution in [0.1, 0.15) is 35.4 Å². The van der Waals surface area contributed by atoms with Gasteiger partial charge in [0.2, 0.25) is 6.23 Å². The Kier molecular flexibility index (Phi) is 4.21. The van der Waals surface area contributed by atoms with Crippen LogP contribution in [0.2, 0.25) is 5.02 Å². The van der Waals surface area contributed by atoms with E-state index in [2.05, 4.69) is 0 Å². The summed E-state index contributed by atoms with van der Waals surface area (Å²) in [4.78, 5) is 11.2. The van der Waals surface area contributed by atoms with E-state index in [4.69, 9.17) is 21.4 Å². The van der Waals surface area contributed by atoms with Crippen LogP contribution in [-0.4, -0.2) is 15.6 Å². The summed E-state index contributed by atoms with van der Waals surface area (Å²) in [6.45, 7) is 0. The van der Waals surface area contributed by atoms with Gasteiger partial charge in [-0.05, 0) is 29.8 Å². The third-order valence-electron chi connectivity index (χ3n) is 5.28. The summed E-state index contributed by atoms with van der Waals surface area (Å²) in [5.41, 5.74) is 3.40. The van der Waals surface area contributed by atoms with Crippen molar-refractivity contribution < 1.29 is 9.66 Å². The maximum atomic E-state index is 11.6. The first-order valence-electron chi connectivity index (χ1n) is 9.22. The first-order chi connectivity index (χ1) is 14.1. The van der Waals surface area contributed by atoms with Gasteiger partial charge in [0.25, 0.3) is 5.69 Å². The molecule has 2 unspecified atom stereocenters. The number of rotatable bonds is 3. The second-order valence-corrected chi connectivity index (χ2v) is 7.41. The van der Waals surface area contributed by atoms with Gasteiger partial charge in [-0.25, -0.2) is 5.01 Å². The maximum absolute atomic E-state index is 11.6. The predicted octanol–water partition coefficient (Wildman–Crippen LogP) is 5.49. The van der Waals surface area contributed by atoms with Gasteiger partial charge in [0, 0.05) is 23.1 Å². The number of benzene rings is 3. The maximum Gasteiger partial charge on any atom is 0.278 e. The number of nitro groups is 1. The molecular weight excluding hydrogens is 390 g/mol. The summed E-state index contributed by atoms with van der Waals surface area (Å²) >= 11 is 6.02. The largest absolute Gasteiger partial charge is 0.464 e. The van der Waals surface area contributed by atoms with Crippen LogP contribution in [0.4, 0.5) is 5.69 Å². The molecule has 2 heterocycles. The van der Waals surface area contributed by atoms with E-state index < -0.39 is 6.23 Å². The number of hydrogen-bond donors (Lipinski definition) is 0. The van der Waals surface area contributed by atoms with Crippen LogP contribution in [0.25, 0.3) is 0 Å². The lowest BCUT2D eigenvalue weighted by Gasteiger charge is -2.37. The average Bonchev–Trinajstić information content (AvgIpc) is 3.19. The van der Waals surface area contributed by atoms with Crippen LogP contribution in [0.3, 0.4) is 0 Å². The van der Waals surface area contributed by atoms with Crippen molar-refractivity contribution in [3.8, 4) is 5.75 Å². The van der Waals surface area contributed by atoms with E-state index in [1.807, 2.05) is 53.5 Å². The van der Waals surface area contributed by atoms with Crippen molar-refractivity contribution in [2.75, 3.05) is 0 Å². The Morgan fingerprint density at radius 2 is 1.69 bits per heavy atom. The van der Waals surface area contributed by atoms with E-state index in [-0.39, 0.29) is 16.7 Å². The molecule has 6 nitrogen and oxygen atoms in total. The van der Waals surface area contributed by atoms with Crippen LogP contribution >= 0.6 is 11.6 Å². The number of hydrazone groups is 1. The van der Waals surface area contributed by atoms with E-state index in [0.717, 1.165) is 22.6 Å². The molecule has 3 aromatic carbocycles. The van der Waals surface area contributed by atoms with Crippen LogP contribution in [0.5, 0.6) is 5.75 Å². The van der Waals surface area contributed by atoms with E-state index in [9.17, 15) is 10.1 Å². The summed E-state index contributed by atoms with van der Waals surface area (Å²) in [7, 11) is 0. The minimum atomic E-state index is -0.679. The smallest absolute Gasteiger partial charge is 0.278 e. The molecule has 2 atom stereocenters. The summed E-state index contributed by atoms with van der Waals surface area (Å²) in [6.07, 6.45) is 0.000348. The predicted molar refractivity (Wildman–Crippen MR) is 110 cm³/mol. The molecule has 0 aromatic heterocycles. The fraction of sp³-hybridized carbons (Fsp3) is 0.136. The van der Waals surface area contributed by atoms with Gasteiger partial charge in [-0.1, -0.05) is 54.1 Å². The number of halogens is 1. The van der Waals surface area contributed by atoms with Crippen molar-refractivity contribution in [1.29, 1.82) is 0 Å². The molecule has 0 aliphatic carbocycles. The van der Waals surface area contributed by atoms with Crippen molar-refractivity contribution in [2.45, 2.75) is 18.7 Å². The highest BCUT2D eigenvalue weighted by atomic mass is 35.5. The van der Waals surface area contributed by atoms with Gasteiger partial charge in [-0.3, -0.25) is 10.1 Å². The third-order valence-corrected chi connectivity index (χ3v) is 5.53. The van der Waals surface area contributed by atoms with Crippen LogP contribution in [-0.2, 0) is 0 Å². The van der Waals surface area contributed by atoms with Crippen molar-refractivity contribution >= 4 is 23.0 Å². The highest BCUT2D eigenvalue weighted by Crippen LogP contribution is 2.48. The van der Waals surface area contributed by atoms with E-state index in [1.54, 1.807) is 18.2 Å². The first kappa shape index (κ1) is 17.7. The molecule has 0 saturated heterocycles. The molecule has 2 aliphatic heterocycles. The molecule has 3 aromatic rings. The van der Waals surface area contributed by atoms with Gasteiger partial charge >= 0.3 is 0 Å². The number of hydrogen-bond acceptors (Lipinski definition) is 5. The summed E-state index contributed by atoms with van der Waals surface area (Å²) in [5.74, 6) is 0.726. The molecule has 2 aliphatic rings. The number of nitrogens with zero attached hydrogens (tertiary/aromatic N) is 3. The topological polar surface area (TPSA) is 68.0 Å². The molecule has 0 fully saturated rings. The molecular formula is C22H16ClN3O3. The Balaban J connectivity index is 1.63. The van der Waals surface area contributed by atoms with Crippen molar-refractivity contribution in [3.63, 3.8) is 0 Å². The lowest BCUT2D eigenvalue weighted by atomic mass is 9.96. The number of ether oxygens (including phenoxy) is 1. The number of nitro benzene ring substituents is 1. The Bertz CT molecular complexity index is 1130. The molecule has 144 valence electrons. The second-order valence-electron chi connectivity index (χ2n) is 6.98. The minimum Gasteiger partial charge on any atom is -0.464 e. The third kappa shape index (κ3) is 3.02. The second kappa shape index (κ2) is 6.90. The lowest BCUT2D eigenvalue weighted by molar-refractivity contribution is -0.386. The Morgan fingerprint density at radius 1 is 1.00 bits per heavy atom. The zero-order valence-electron chi connectivity index (χ0n) is 15.2. The summed E-state index contributed by atoms with van der Waals surface area (Å²) in [6, 6.07) is 21.9. The van der Waals surface area contributed by atoms with Gasteiger partial charge < -0.3 is 4.74 Å². The zero-order chi connectivity index (χ0) is 20.0. The van der Waals surface area contributed by atoms with Gasteiger partial charge in [0.15, 0.2) is 0 Å². The van der Waals surface area contributed by atoms with Gasteiger partial charge in [0.05, 0.1) is 22.2 Å². The molecule has 0 saturated carbocycles. The average molecular weight is 406 g/mol. The zero-order valence-corrected chi connectivity index (χ0v) is 16.0. The standard InChI is InChI=1S/C22H16ClN3O3/c23-15-11-9-14(10-12-15)18-13-20-16-5-2-4-8-21(16)29-22(25(20)24-18)17-6-1-3-7-19(17)26(27)28/h1-12,20,22H,13H2. The normalized spacial score (nSPS) is 19.8. The molecule has 7 heteroatoms. The molecule has 0 amide bonds. The fourth-order valence-electron chi connectivity index (χ4n) is 3.92. The number of para-hydroxylation sites is 2. The van der Waals surface area contributed by atoms with Gasteiger partial charge in [0.1, 0.15) is 5.75 Å². The molecule has 0 N–H and O–H groups in total. The molecule has 0 bridgehead atoms. The van der Waals surface area contributed by atoms with E-state index >= 15 is 0 Å². The summed E-state index contributed by atoms with van der Waals surface area (Å²) in [5, 5.41) is 18.9. The lowest BCUT2D eigenvalue weighted by Crippen LogP contribution is -2.34. The highest BCUT2D eigenvalue weighted by molar-refractivity contribution is 6.30. The van der Waals surface area contributed by atoms with Crippen molar-refractivity contribution in [3.05, 3.63) is 105 Å². The van der Waals surface area contributed by atoms with Gasteiger partial charge in [-0.15, -0.1) is 0 Å². The SMILES string of the molecule is O=[N+]([O-])c1ccccc1C1Oc2ccccc2C2CC(c3ccc(Cl)cc3)=NN21. The molecule has 0 radical (unpaired) electrons. The van der Waals surface area contributed by atoms with E-state index in [0.29, 0.717) is 17.0 Å².